The van der Waals surface area contributed by atoms with E-state index in [1.165, 1.54) is 37.2 Å². The molecule has 0 bridgehead atoms. The lowest BCUT2D eigenvalue weighted by Crippen LogP contribution is -2.43. The summed E-state index contributed by atoms with van der Waals surface area (Å²) < 4.78 is 0. The Kier molecular flexibility index (Phi) is 5.01. The Morgan fingerprint density at radius 2 is 2.29 bits per heavy atom. The summed E-state index contributed by atoms with van der Waals surface area (Å²) in [6.45, 7) is 5.43. The van der Waals surface area contributed by atoms with E-state index in [9.17, 15) is 0 Å². The van der Waals surface area contributed by atoms with Crippen molar-refractivity contribution in [2.45, 2.75) is 32.6 Å². The van der Waals surface area contributed by atoms with E-state index < -0.39 is 0 Å². The summed E-state index contributed by atoms with van der Waals surface area (Å²) >= 11 is 2.07. The predicted molar refractivity (Wildman–Crippen MR) is 76.5 cm³/mol. The molecule has 4 heteroatoms. The molecule has 2 unspecified atom stereocenters. The van der Waals surface area contributed by atoms with Crippen LogP contribution in [-0.2, 0) is 0 Å². The van der Waals surface area contributed by atoms with Crippen LogP contribution in [0.5, 0.6) is 0 Å². The SMILES string of the molecule is CC1CCCN(C(N)=NCC2CCCSC2)C1. The minimum Gasteiger partial charge on any atom is -0.370 e. The second-order valence-electron chi connectivity index (χ2n) is 5.48. The van der Waals surface area contributed by atoms with Gasteiger partial charge in [0.15, 0.2) is 5.96 Å². The Labute approximate surface area is 109 Å². The number of piperidine rings is 1. The molecule has 17 heavy (non-hydrogen) atoms. The fraction of sp³-hybridized carbons (Fsp3) is 0.923. The zero-order chi connectivity index (χ0) is 12.1. The van der Waals surface area contributed by atoms with Crippen molar-refractivity contribution < 1.29 is 0 Å². The number of nitrogens with two attached hydrogens (primary N) is 1. The van der Waals surface area contributed by atoms with E-state index in [2.05, 4.69) is 28.6 Å². The molecule has 0 aromatic heterocycles. The summed E-state index contributed by atoms with van der Waals surface area (Å²) in [5.74, 6) is 4.91. The molecule has 0 amide bonds. The number of hydrogen-bond donors (Lipinski definition) is 1. The lowest BCUT2D eigenvalue weighted by molar-refractivity contribution is 0.270. The molecule has 2 aliphatic heterocycles. The van der Waals surface area contributed by atoms with Crippen LogP contribution in [0.2, 0.25) is 0 Å². The average molecular weight is 255 g/mol. The molecule has 2 fully saturated rings. The second kappa shape index (κ2) is 6.53. The summed E-state index contributed by atoms with van der Waals surface area (Å²) in [6.07, 6.45) is 5.28. The zero-order valence-electron chi connectivity index (χ0n) is 10.9. The highest BCUT2D eigenvalue weighted by atomic mass is 32.2. The smallest absolute Gasteiger partial charge is 0.191 e. The van der Waals surface area contributed by atoms with Gasteiger partial charge in [-0.15, -0.1) is 0 Å². The molecule has 0 spiro atoms. The third kappa shape index (κ3) is 4.09. The molecule has 98 valence electrons. The van der Waals surface area contributed by atoms with Gasteiger partial charge in [-0.25, -0.2) is 0 Å². The number of nitrogens with zero attached hydrogens (tertiary/aromatic N) is 2. The lowest BCUT2D eigenvalue weighted by Gasteiger charge is -2.32. The van der Waals surface area contributed by atoms with E-state index in [0.29, 0.717) is 0 Å². The zero-order valence-corrected chi connectivity index (χ0v) is 11.7. The maximum absolute atomic E-state index is 6.10. The third-order valence-electron chi connectivity index (χ3n) is 3.75. The van der Waals surface area contributed by atoms with Crippen LogP contribution in [0.4, 0.5) is 0 Å². The van der Waals surface area contributed by atoms with Crippen molar-refractivity contribution in [3.63, 3.8) is 0 Å². The molecule has 0 aromatic rings. The van der Waals surface area contributed by atoms with Gasteiger partial charge in [-0.2, -0.15) is 11.8 Å². The minimum absolute atomic E-state index is 0.759. The van der Waals surface area contributed by atoms with Crippen LogP contribution < -0.4 is 5.73 Å². The summed E-state index contributed by atoms with van der Waals surface area (Å²) in [5, 5.41) is 0. The average Bonchev–Trinajstić information content (AvgIpc) is 2.37. The standard InChI is InChI=1S/C13H25N3S/c1-11-4-2-6-16(9-11)13(14)15-8-12-5-3-7-17-10-12/h11-12H,2-10H2,1H3,(H2,14,15). The topological polar surface area (TPSA) is 41.6 Å². The van der Waals surface area contributed by atoms with E-state index in [-0.39, 0.29) is 0 Å². The van der Waals surface area contributed by atoms with Gasteiger partial charge in [-0.3, -0.25) is 4.99 Å². The molecule has 2 saturated heterocycles. The Bertz CT molecular complexity index is 261. The largest absolute Gasteiger partial charge is 0.370 e. The quantitative estimate of drug-likeness (QED) is 0.607. The maximum atomic E-state index is 6.10. The molecule has 0 aliphatic carbocycles. The Balaban J connectivity index is 1.79. The number of hydrogen-bond acceptors (Lipinski definition) is 2. The van der Waals surface area contributed by atoms with Crippen LogP contribution in [0.15, 0.2) is 4.99 Å². The molecule has 2 atom stereocenters. The van der Waals surface area contributed by atoms with Gasteiger partial charge in [-0.1, -0.05) is 6.92 Å². The van der Waals surface area contributed by atoms with E-state index in [1.54, 1.807) is 0 Å². The van der Waals surface area contributed by atoms with Gasteiger partial charge in [0.1, 0.15) is 0 Å². The summed E-state index contributed by atoms with van der Waals surface area (Å²) in [6, 6.07) is 0. The summed E-state index contributed by atoms with van der Waals surface area (Å²) in [7, 11) is 0. The molecule has 2 N–H and O–H groups in total. The second-order valence-corrected chi connectivity index (χ2v) is 6.63. The van der Waals surface area contributed by atoms with Crippen LogP contribution in [0.25, 0.3) is 0 Å². The molecule has 3 nitrogen and oxygen atoms in total. The van der Waals surface area contributed by atoms with Gasteiger partial charge < -0.3 is 10.6 Å². The van der Waals surface area contributed by atoms with Crippen molar-refractivity contribution in [1.29, 1.82) is 0 Å². The van der Waals surface area contributed by atoms with Gasteiger partial charge in [0, 0.05) is 19.6 Å². The summed E-state index contributed by atoms with van der Waals surface area (Å²) in [5.41, 5.74) is 6.10. The Hall–Kier alpha value is -0.380. The number of guanidine groups is 1. The van der Waals surface area contributed by atoms with Crippen LogP contribution in [-0.4, -0.2) is 42.0 Å². The van der Waals surface area contributed by atoms with E-state index in [1.807, 2.05) is 0 Å². The number of aliphatic imine (C=N–C) groups is 1. The van der Waals surface area contributed by atoms with Crippen LogP contribution in [0.3, 0.4) is 0 Å². The fourth-order valence-electron chi connectivity index (χ4n) is 2.67. The van der Waals surface area contributed by atoms with Crippen LogP contribution in [0, 0.1) is 11.8 Å². The minimum atomic E-state index is 0.759. The fourth-order valence-corrected chi connectivity index (χ4v) is 3.81. The molecule has 0 aromatic carbocycles. The van der Waals surface area contributed by atoms with Gasteiger partial charge in [-0.05, 0) is 49.0 Å². The normalized spacial score (nSPS) is 31.6. The van der Waals surface area contributed by atoms with Crippen molar-refractivity contribution >= 4 is 17.7 Å². The van der Waals surface area contributed by atoms with Crippen LogP contribution >= 0.6 is 11.8 Å². The molecular weight excluding hydrogens is 230 g/mol. The van der Waals surface area contributed by atoms with E-state index in [4.69, 9.17) is 5.73 Å². The summed E-state index contributed by atoms with van der Waals surface area (Å²) in [4.78, 5) is 6.88. The molecular formula is C13H25N3S. The molecule has 2 rings (SSSR count). The third-order valence-corrected chi connectivity index (χ3v) is 5.03. The molecule has 0 radical (unpaired) electrons. The van der Waals surface area contributed by atoms with E-state index in [0.717, 1.165) is 37.4 Å². The molecule has 2 aliphatic rings. The lowest BCUT2D eigenvalue weighted by atomic mass is 10.0. The highest BCUT2D eigenvalue weighted by Crippen LogP contribution is 2.22. The first-order chi connectivity index (χ1) is 8.25. The number of rotatable bonds is 2. The van der Waals surface area contributed by atoms with Crippen molar-refractivity contribution in [3.8, 4) is 0 Å². The highest BCUT2D eigenvalue weighted by molar-refractivity contribution is 7.99. The van der Waals surface area contributed by atoms with Gasteiger partial charge in [0.25, 0.3) is 0 Å². The highest BCUT2D eigenvalue weighted by Gasteiger charge is 2.18. The van der Waals surface area contributed by atoms with Gasteiger partial charge in [0.05, 0.1) is 0 Å². The van der Waals surface area contributed by atoms with Gasteiger partial charge >= 0.3 is 0 Å². The number of likely N-dealkylation sites (tertiary alicyclic amines) is 1. The molecule has 0 saturated carbocycles. The number of thioether (sulfide) groups is 1. The van der Waals surface area contributed by atoms with Gasteiger partial charge in [0.2, 0.25) is 0 Å². The van der Waals surface area contributed by atoms with Crippen molar-refractivity contribution in [1.82, 2.24) is 4.90 Å². The molecule has 2 heterocycles. The first-order valence-corrected chi connectivity index (χ1v) is 8.04. The maximum Gasteiger partial charge on any atom is 0.191 e. The monoisotopic (exact) mass is 255 g/mol. The first kappa shape index (κ1) is 13.1. The van der Waals surface area contributed by atoms with Crippen LogP contribution in [0.1, 0.15) is 32.6 Å². The first-order valence-electron chi connectivity index (χ1n) is 6.88. The van der Waals surface area contributed by atoms with Crippen molar-refractivity contribution in [2.24, 2.45) is 22.6 Å². The Morgan fingerprint density at radius 3 is 3.00 bits per heavy atom. The van der Waals surface area contributed by atoms with E-state index >= 15 is 0 Å². The van der Waals surface area contributed by atoms with Crippen molar-refractivity contribution in [3.05, 3.63) is 0 Å². The van der Waals surface area contributed by atoms with Crippen molar-refractivity contribution in [2.75, 3.05) is 31.1 Å². The Morgan fingerprint density at radius 1 is 1.41 bits per heavy atom. The predicted octanol–water partition coefficient (Wildman–Crippen LogP) is 2.18.